The summed E-state index contributed by atoms with van der Waals surface area (Å²) in [6.45, 7) is 1.41. The molecule has 4 rings (SSSR count). The molecule has 0 saturated heterocycles. The minimum atomic E-state index is -0.319. The highest BCUT2D eigenvalue weighted by atomic mass is 35.5. The Bertz CT molecular complexity index is 985. The fourth-order valence-electron chi connectivity index (χ4n) is 4.78. The van der Waals surface area contributed by atoms with E-state index < -0.39 is 0 Å². The van der Waals surface area contributed by atoms with E-state index >= 15 is 0 Å². The molecule has 1 aromatic heterocycles. The Morgan fingerprint density at radius 2 is 1.91 bits per heavy atom. The summed E-state index contributed by atoms with van der Waals surface area (Å²) >= 11 is 6.41. The molecule has 0 unspecified atom stereocenters. The van der Waals surface area contributed by atoms with Crippen molar-refractivity contribution in [1.82, 2.24) is 25.0 Å². The third-order valence-corrected chi connectivity index (χ3v) is 7.03. The number of aryl methyl sites for hydroxylation is 1. The highest BCUT2D eigenvalue weighted by Crippen LogP contribution is 2.26. The molecule has 3 amide bonds. The van der Waals surface area contributed by atoms with Crippen LogP contribution < -0.4 is 10.6 Å². The number of urea groups is 1. The van der Waals surface area contributed by atoms with E-state index in [1.807, 2.05) is 11.9 Å². The number of aromatic nitrogens is 3. The first-order valence-corrected chi connectivity index (χ1v) is 12.4. The van der Waals surface area contributed by atoms with Crippen LogP contribution in [0.1, 0.15) is 73.4 Å². The standard InChI is InChI=1S/C24H33ClN6O2/c1-30(18-8-4-2-5-9-18)23(32)19-12-11-17(16-20(19)25)27-24(33)26-14-13-22-29-28-21-10-6-3-7-15-31(21)22/h11-12,16,18H,2-10,13-15H2,1H3,(H2,26,27,33). The lowest BCUT2D eigenvalue weighted by molar-refractivity contribution is 0.0696. The number of anilines is 1. The quantitative estimate of drug-likeness (QED) is 0.650. The highest BCUT2D eigenvalue weighted by Gasteiger charge is 2.24. The minimum Gasteiger partial charge on any atom is -0.339 e. The first-order chi connectivity index (χ1) is 16.0. The van der Waals surface area contributed by atoms with Gasteiger partial charge >= 0.3 is 6.03 Å². The van der Waals surface area contributed by atoms with Crippen LogP contribution in [0.2, 0.25) is 5.02 Å². The third-order valence-electron chi connectivity index (χ3n) is 6.72. The molecule has 8 nitrogen and oxygen atoms in total. The molecule has 1 fully saturated rings. The van der Waals surface area contributed by atoms with Crippen molar-refractivity contribution in [2.24, 2.45) is 0 Å². The van der Waals surface area contributed by atoms with E-state index in [1.54, 1.807) is 18.2 Å². The number of carbonyl (C=O) groups excluding carboxylic acids is 2. The lowest BCUT2D eigenvalue weighted by atomic mass is 9.94. The van der Waals surface area contributed by atoms with E-state index in [4.69, 9.17) is 11.6 Å². The van der Waals surface area contributed by atoms with Gasteiger partial charge in [0.15, 0.2) is 0 Å². The van der Waals surface area contributed by atoms with Gasteiger partial charge in [-0.05, 0) is 43.9 Å². The predicted octanol–water partition coefficient (Wildman–Crippen LogP) is 4.43. The number of benzene rings is 1. The number of nitrogens with one attached hydrogen (secondary N) is 2. The number of hydrogen-bond donors (Lipinski definition) is 2. The minimum absolute atomic E-state index is 0.0738. The molecule has 178 valence electrons. The molecular weight excluding hydrogens is 440 g/mol. The molecule has 2 N–H and O–H groups in total. The number of fused-ring (bicyclic) bond motifs is 1. The zero-order chi connectivity index (χ0) is 23.2. The SMILES string of the molecule is CN(C(=O)c1ccc(NC(=O)NCCc2nnc3n2CCCCC3)cc1Cl)C1CCCCC1. The summed E-state index contributed by atoms with van der Waals surface area (Å²) in [6, 6.07) is 4.98. The van der Waals surface area contributed by atoms with Gasteiger partial charge in [0.2, 0.25) is 0 Å². The summed E-state index contributed by atoms with van der Waals surface area (Å²) in [5.74, 6) is 1.89. The molecule has 1 aromatic carbocycles. The smallest absolute Gasteiger partial charge is 0.319 e. The maximum Gasteiger partial charge on any atom is 0.319 e. The van der Waals surface area contributed by atoms with Crippen LogP contribution in [0.25, 0.3) is 0 Å². The number of nitrogens with zero attached hydrogens (tertiary/aromatic N) is 4. The molecule has 9 heteroatoms. The zero-order valence-electron chi connectivity index (χ0n) is 19.3. The van der Waals surface area contributed by atoms with E-state index in [-0.39, 0.29) is 18.0 Å². The summed E-state index contributed by atoms with van der Waals surface area (Å²) in [7, 11) is 1.85. The Morgan fingerprint density at radius 3 is 2.70 bits per heavy atom. The summed E-state index contributed by atoms with van der Waals surface area (Å²) in [5.41, 5.74) is 1.01. The fourth-order valence-corrected chi connectivity index (χ4v) is 5.05. The van der Waals surface area contributed by atoms with Crippen LogP contribution >= 0.6 is 11.6 Å². The lowest BCUT2D eigenvalue weighted by Crippen LogP contribution is -2.38. The maximum atomic E-state index is 12.9. The average Bonchev–Trinajstić information content (AvgIpc) is 3.04. The number of amides is 3. The number of hydrogen-bond acceptors (Lipinski definition) is 4. The Kier molecular flexibility index (Phi) is 7.85. The van der Waals surface area contributed by atoms with Gasteiger partial charge in [-0.3, -0.25) is 4.79 Å². The van der Waals surface area contributed by atoms with E-state index in [0.717, 1.165) is 63.1 Å². The largest absolute Gasteiger partial charge is 0.339 e. The number of halogens is 1. The molecular formula is C24H33ClN6O2. The van der Waals surface area contributed by atoms with Crippen LogP contribution in [-0.2, 0) is 19.4 Å². The van der Waals surface area contributed by atoms with E-state index in [9.17, 15) is 9.59 Å². The predicted molar refractivity (Wildman–Crippen MR) is 129 cm³/mol. The van der Waals surface area contributed by atoms with Gasteiger partial charge in [-0.1, -0.05) is 37.3 Å². The second kappa shape index (κ2) is 11.0. The normalized spacial score (nSPS) is 16.5. The van der Waals surface area contributed by atoms with Crippen molar-refractivity contribution in [1.29, 1.82) is 0 Å². The maximum absolute atomic E-state index is 12.9. The van der Waals surface area contributed by atoms with Gasteiger partial charge in [-0.15, -0.1) is 10.2 Å². The van der Waals surface area contributed by atoms with Crippen LogP contribution in [-0.4, -0.2) is 51.2 Å². The van der Waals surface area contributed by atoms with E-state index in [0.29, 0.717) is 29.2 Å². The van der Waals surface area contributed by atoms with Crippen molar-refractivity contribution in [2.45, 2.75) is 76.8 Å². The summed E-state index contributed by atoms with van der Waals surface area (Å²) in [6.07, 6.45) is 10.7. The molecule has 1 aliphatic heterocycles. The molecule has 2 heterocycles. The number of carbonyl (C=O) groups is 2. The Balaban J connectivity index is 1.28. The second-order valence-corrected chi connectivity index (χ2v) is 9.44. The van der Waals surface area contributed by atoms with Crippen LogP contribution in [0.5, 0.6) is 0 Å². The van der Waals surface area contributed by atoms with Gasteiger partial charge in [0.05, 0.1) is 10.6 Å². The summed E-state index contributed by atoms with van der Waals surface area (Å²) in [4.78, 5) is 27.1. The molecule has 0 radical (unpaired) electrons. The Morgan fingerprint density at radius 1 is 1.12 bits per heavy atom. The van der Waals surface area contributed by atoms with Gasteiger partial charge in [0.25, 0.3) is 5.91 Å². The van der Waals surface area contributed by atoms with Gasteiger partial charge in [-0.2, -0.15) is 0 Å². The van der Waals surface area contributed by atoms with Crippen molar-refractivity contribution >= 4 is 29.2 Å². The van der Waals surface area contributed by atoms with Crippen LogP contribution in [0.4, 0.5) is 10.5 Å². The molecule has 2 aliphatic rings. The number of rotatable bonds is 6. The molecule has 0 bridgehead atoms. The van der Waals surface area contributed by atoms with E-state index in [1.165, 1.54) is 12.8 Å². The van der Waals surface area contributed by atoms with Gasteiger partial charge in [0, 0.05) is 44.7 Å². The van der Waals surface area contributed by atoms with Gasteiger partial charge in [0.1, 0.15) is 11.6 Å². The Labute approximate surface area is 200 Å². The van der Waals surface area contributed by atoms with Crippen LogP contribution in [0.15, 0.2) is 18.2 Å². The Hall–Kier alpha value is -2.61. The summed E-state index contributed by atoms with van der Waals surface area (Å²) in [5, 5.41) is 14.6. The highest BCUT2D eigenvalue weighted by molar-refractivity contribution is 6.34. The summed E-state index contributed by atoms with van der Waals surface area (Å²) < 4.78 is 2.19. The first-order valence-electron chi connectivity index (χ1n) is 12.1. The van der Waals surface area contributed by atoms with Gasteiger partial charge < -0.3 is 20.1 Å². The van der Waals surface area contributed by atoms with Crippen molar-refractivity contribution in [3.05, 3.63) is 40.4 Å². The molecule has 1 aliphatic carbocycles. The topological polar surface area (TPSA) is 92.2 Å². The van der Waals surface area contributed by atoms with Crippen LogP contribution in [0, 0.1) is 0 Å². The lowest BCUT2D eigenvalue weighted by Gasteiger charge is -2.31. The first kappa shape index (κ1) is 23.5. The molecule has 33 heavy (non-hydrogen) atoms. The fraction of sp³-hybridized carbons (Fsp3) is 0.583. The molecule has 0 spiro atoms. The molecule has 2 aromatic rings. The average molecular weight is 473 g/mol. The zero-order valence-corrected chi connectivity index (χ0v) is 20.0. The van der Waals surface area contributed by atoms with Crippen LogP contribution in [0.3, 0.4) is 0 Å². The second-order valence-electron chi connectivity index (χ2n) is 9.03. The van der Waals surface area contributed by atoms with Crippen molar-refractivity contribution < 1.29 is 9.59 Å². The van der Waals surface area contributed by atoms with Gasteiger partial charge in [-0.25, -0.2) is 4.79 Å². The molecule has 1 saturated carbocycles. The molecule has 0 atom stereocenters. The van der Waals surface area contributed by atoms with Crippen molar-refractivity contribution in [2.75, 3.05) is 18.9 Å². The van der Waals surface area contributed by atoms with Crippen molar-refractivity contribution in [3.8, 4) is 0 Å². The third kappa shape index (κ3) is 5.85. The van der Waals surface area contributed by atoms with E-state index in [2.05, 4.69) is 25.4 Å². The monoisotopic (exact) mass is 472 g/mol. The van der Waals surface area contributed by atoms with Crippen molar-refractivity contribution in [3.63, 3.8) is 0 Å².